The number of nitrogens with zero attached hydrogens (tertiary/aromatic N) is 1. The highest BCUT2D eigenvalue weighted by Crippen LogP contribution is 2.16. The highest BCUT2D eigenvalue weighted by Gasteiger charge is 2.37. The molecule has 22 heavy (non-hydrogen) atoms. The lowest BCUT2D eigenvalue weighted by atomic mass is 10.3. The molecule has 6 nitrogen and oxygen atoms in total. The van der Waals surface area contributed by atoms with Gasteiger partial charge in [0.25, 0.3) is 0 Å². The van der Waals surface area contributed by atoms with Crippen LogP contribution in [0.3, 0.4) is 0 Å². The fraction of sp³-hybridized carbons (Fsp3) is 0.857. The van der Waals surface area contributed by atoms with Crippen LogP contribution in [0.25, 0.3) is 0 Å². The number of rotatable bonds is 12. The van der Waals surface area contributed by atoms with E-state index in [1.165, 1.54) is 0 Å². The zero-order valence-electron chi connectivity index (χ0n) is 14.7. The Bertz CT molecular complexity index is 353. The lowest BCUT2D eigenvalue weighted by Gasteiger charge is -2.31. The maximum absolute atomic E-state index is 10.8. The lowest BCUT2D eigenvalue weighted by molar-refractivity contribution is -0.890. The summed E-state index contributed by atoms with van der Waals surface area (Å²) < 4.78 is 36.9. The van der Waals surface area contributed by atoms with E-state index < -0.39 is 19.9 Å². The van der Waals surface area contributed by atoms with E-state index in [9.17, 15) is 4.21 Å². The van der Waals surface area contributed by atoms with E-state index in [2.05, 4.69) is 14.1 Å². The first-order valence-corrected chi connectivity index (χ1v) is 10.6. The van der Waals surface area contributed by atoms with Gasteiger partial charge in [-0.3, -0.25) is 0 Å². The lowest BCUT2D eigenvalue weighted by Crippen LogP contribution is -2.45. The van der Waals surface area contributed by atoms with Crippen LogP contribution in [0, 0.1) is 0 Å². The highest BCUT2D eigenvalue weighted by molar-refractivity contribution is 7.80. The summed E-state index contributed by atoms with van der Waals surface area (Å²) in [5, 5.41) is -0.313. The van der Waals surface area contributed by atoms with Crippen LogP contribution in [0.2, 0.25) is 6.04 Å². The summed E-state index contributed by atoms with van der Waals surface area (Å²) in [6, 6.07) is 0.800. The monoisotopic (exact) mass is 354 g/mol. The van der Waals surface area contributed by atoms with Crippen molar-refractivity contribution in [1.29, 1.82) is 0 Å². The molecule has 2 unspecified atom stereocenters. The molecule has 2 atom stereocenters. The van der Waals surface area contributed by atoms with Crippen molar-refractivity contribution in [2.75, 3.05) is 48.5 Å². The van der Waals surface area contributed by atoms with Gasteiger partial charge in [-0.15, -0.1) is 0 Å². The Labute approximate surface area is 138 Å². The van der Waals surface area contributed by atoms with Crippen LogP contribution in [0.4, 0.5) is 0 Å². The van der Waals surface area contributed by atoms with Gasteiger partial charge in [0.15, 0.2) is 11.1 Å². The van der Waals surface area contributed by atoms with Crippen molar-refractivity contribution in [2.24, 2.45) is 0 Å². The zero-order valence-corrected chi connectivity index (χ0v) is 16.5. The predicted molar refractivity (Wildman–Crippen MR) is 92.0 cm³/mol. The maximum atomic E-state index is 10.8. The van der Waals surface area contributed by atoms with E-state index in [0.29, 0.717) is 0 Å². The minimum Gasteiger partial charge on any atom is -0.377 e. The predicted octanol–water partition coefficient (Wildman–Crippen LogP) is 1.89. The number of hydrogen-bond acceptors (Lipinski definition) is 4. The minimum atomic E-state index is -2.47. The Kier molecular flexibility index (Phi) is 10.6. The van der Waals surface area contributed by atoms with Crippen LogP contribution in [0.1, 0.15) is 19.8 Å². The normalized spacial score (nSPS) is 16.1. The van der Waals surface area contributed by atoms with Crippen LogP contribution in [0.15, 0.2) is 12.2 Å². The summed E-state index contributed by atoms with van der Waals surface area (Å²) in [5.74, 6) is 0. The molecule has 8 heteroatoms. The summed E-state index contributed by atoms with van der Waals surface area (Å²) in [5.41, 5.74) is 0. The van der Waals surface area contributed by atoms with E-state index in [1.807, 2.05) is 6.08 Å². The molecule has 0 aliphatic rings. The first-order chi connectivity index (χ1) is 10.2. The van der Waals surface area contributed by atoms with Crippen molar-refractivity contribution in [1.82, 2.24) is 0 Å². The molecule has 0 aliphatic carbocycles. The Morgan fingerprint density at radius 2 is 1.73 bits per heavy atom. The van der Waals surface area contributed by atoms with Gasteiger partial charge in [0.2, 0.25) is 0 Å². The molecule has 0 aliphatic heterocycles. The summed E-state index contributed by atoms with van der Waals surface area (Å²) in [6.45, 7) is 3.71. The van der Waals surface area contributed by atoms with E-state index in [-0.39, 0.29) is 5.25 Å². The summed E-state index contributed by atoms with van der Waals surface area (Å²) in [6.07, 6.45) is 5.64. The second-order valence-electron chi connectivity index (χ2n) is 5.98. The Morgan fingerprint density at radius 1 is 1.18 bits per heavy atom. The average molecular weight is 355 g/mol. The molecule has 0 aromatic carbocycles. The summed E-state index contributed by atoms with van der Waals surface area (Å²) in [7, 11) is 6.79. The standard InChI is InChI=1S/C14H31NO5SSi/c1-14(21(16)17)10-7-8-11-15(2,3)12-9-13-22(18-4,19-5)20-6/h7,10,14H,8-9,11-13H2,1-6H3/p+1. The molecule has 0 saturated carbocycles. The minimum absolute atomic E-state index is 0.313. The van der Waals surface area contributed by atoms with Crippen LogP contribution < -0.4 is 0 Å². The third-order valence-corrected chi connectivity index (χ3v) is 7.43. The smallest absolute Gasteiger partial charge is 0.377 e. The van der Waals surface area contributed by atoms with Crippen LogP contribution in [0.5, 0.6) is 0 Å². The molecular formula is C14H32NO5SSi+. The quantitative estimate of drug-likeness (QED) is 0.251. The van der Waals surface area contributed by atoms with E-state index >= 15 is 0 Å². The van der Waals surface area contributed by atoms with Crippen LogP contribution in [-0.4, -0.2) is 75.8 Å². The Balaban J connectivity index is 4.17. The topological polar surface area (TPSA) is 65.0 Å². The second-order valence-corrected chi connectivity index (χ2v) is 10.4. The molecule has 132 valence electrons. The molecule has 0 radical (unpaired) electrons. The van der Waals surface area contributed by atoms with Gasteiger partial charge in [0.05, 0.1) is 32.4 Å². The van der Waals surface area contributed by atoms with Gasteiger partial charge in [-0.05, 0) is 6.92 Å². The number of hydrogen-bond donors (Lipinski definition) is 1. The van der Waals surface area contributed by atoms with Gasteiger partial charge in [-0.25, -0.2) is 4.21 Å². The second kappa shape index (κ2) is 10.6. The number of quaternary nitrogens is 1. The van der Waals surface area contributed by atoms with Crippen molar-refractivity contribution in [3.8, 4) is 0 Å². The SMILES string of the molecule is CO[Si](CCC[N+](C)(C)CCC=CC(C)S(=O)O)(OC)OC. The van der Waals surface area contributed by atoms with E-state index in [1.54, 1.807) is 34.3 Å². The summed E-state index contributed by atoms with van der Waals surface area (Å²) >= 11 is -1.78. The Hall–Kier alpha value is -0.0931. The van der Waals surface area contributed by atoms with Crippen molar-refractivity contribution < 1.29 is 26.5 Å². The fourth-order valence-corrected chi connectivity index (χ4v) is 4.12. The molecule has 0 saturated heterocycles. The highest BCUT2D eigenvalue weighted by atomic mass is 32.2. The molecule has 0 bridgehead atoms. The van der Waals surface area contributed by atoms with Gasteiger partial charge in [0.1, 0.15) is 0 Å². The Morgan fingerprint density at radius 3 is 2.18 bits per heavy atom. The van der Waals surface area contributed by atoms with Crippen LogP contribution >= 0.6 is 0 Å². The summed E-state index contributed by atoms with van der Waals surface area (Å²) in [4.78, 5) is 0. The van der Waals surface area contributed by atoms with Crippen molar-refractivity contribution in [3.05, 3.63) is 12.2 Å². The molecule has 0 spiro atoms. The molecule has 1 N–H and O–H groups in total. The van der Waals surface area contributed by atoms with Gasteiger partial charge in [-0.1, -0.05) is 12.2 Å². The van der Waals surface area contributed by atoms with E-state index in [4.69, 9.17) is 17.8 Å². The molecular weight excluding hydrogens is 322 g/mol. The molecule has 0 fully saturated rings. The van der Waals surface area contributed by atoms with E-state index in [0.717, 1.165) is 36.5 Å². The average Bonchev–Trinajstić information content (AvgIpc) is 2.48. The zero-order chi connectivity index (χ0) is 17.2. The third kappa shape index (κ3) is 8.52. The molecule has 0 heterocycles. The first-order valence-electron chi connectivity index (χ1n) is 7.45. The van der Waals surface area contributed by atoms with Gasteiger partial charge < -0.3 is 22.3 Å². The van der Waals surface area contributed by atoms with Gasteiger partial charge in [-0.2, -0.15) is 0 Å². The van der Waals surface area contributed by atoms with Crippen LogP contribution in [-0.2, 0) is 24.4 Å². The fourth-order valence-electron chi connectivity index (χ4n) is 2.17. The molecule has 0 aromatic heterocycles. The molecule has 0 rings (SSSR count). The van der Waals surface area contributed by atoms with Crippen molar-refractivity contribution >= 4 is 19.9 Å². The molecule has 0 aromatic rings. The largest absolute Gasteiger partial charge is 0.500 e. The molecule has 0 amide bonds. The third-order valence-electron chi connectivity index (χ3n) is 3.81. The van der Waals surface area contributed by atoms with Crippen molar-refractivity contribution in [2.45, 2.75) is 31.1 Å². The van der Waals surface area contributed by atoms with Crippen molar-refractivity contribution in [3.63, 3.8) is 0 Å². The maximum Gasteiger partial charge on any atom is 0.500 e. The van der Waals surface area contributed by atoms with Gasteiger partial charge in [0, 0.05) is 40.2 Å². The van der Waals surface area contributed by atoms with Gasteiger partial charge >= 0.3 is 8.80 Å². The first kappa shape index (κ1) is 21.9.